The molecule has 0 radical (unpaired) electrons. The van der Waals surface area contributed by atoms with Crippen LogP contribution in [-0.2, 0) is 6.54 Å². The number of hydrogen-bond acceptors (Lipinski definition) is 3. The topological polar surface area (TPSA) is 38.5 Å². The molecule has 0 atom stereocenters. The van der Waals surface area contributed by atoms with Gasteiger partial charge in [-0.1, -0.05) is 29.8 Å². The maximum Gasteiger partial charge on any atom is 0.120 e. The highest BCUT2D eigenvalue weighted by Gasteiger charge is 2.04. The molecular weight excluding hydrogens is 280 g/mol. The summed E-state index contributed by atoms with van der Waals surface area (Å²) in [4.78, 5) is 2.37. The standard InChI is InChI=1S/C13H21BrN2O/c1-3-16(4-2)10-11-7-12(14)9-13(8-11)17-6-5-15/h7-9H,3-6,10,15H2,1-2H3. The lowest BCUT2D eigenvalue weighted by Crippen LogP contribution is -2.22. The van der Waals surface area contributed by atoms with Crippen molar-refractivity contribution in [3.8, 4) is 5.75 Å². The Morgan fingerprint density at radius 1 is 1.24 bits per heavy atom. The van der Waals surface area contributed by atoms with E-state index >= 15 is 0 Å². The van der Waals surface area contributed by atoms with Crippen molar-refractivity contribution in [1.29, 1.82) is 0 Å². The van der Waals surface area contributed by atoms with Crippen LogP contribution in [0.3, 0.4) is 0 Å². The summed E-state index contributed by atoms with van der Waals surface area (Å²) in [6.07, 6.45) is 0. The minimum atomic E-state index is 0.540. The molecule has 0 heterocycles. The molecule has 0 saturated heterocycles. The Labute approximate surface area is 112 Å². The molecule has 1 aromatic rings. The van der Waals surface area contributed by atoms with E-state index < -0.39 is 0 Å². The van der Waals surface area contributed by atoms with Gasteiger partial charge in [0.1, 0.15) is 12.4 Å². The minimum Gasteiger partial charge on any atom is -0.492 e. The van der Waals surface area contributed by atoms with Crippen molar-refractivity contribution in [3.63, 3.8) is 0 Å². The Bertz CT molecular complexity index is 340. The summed E-state index contributed by atoms with van der Waals surface area (Å²) in [5.74, 6) is 0.881. The van der Waals surface area contributed by atoms with Gasteiger partial charge in [0, 0.05) is 17.6 Å². The molecule has 0 fully saturated rings. The highest BCUT2D eigenvalue weighted by Crippen LogP contribution is 2.22. The first-order valence-electron chi connectivity index (χ1n) is 6.04. The first-order valence-corrected chi connectivity index (χ1v) is 6.83. The molecule has 0 aromatic heterocycles. The van der Waals surface area contributed by atoms with E-state index in [1.807, 2.05) is 6.07 Å². The summed E-state index contributed by atoms with van der Waals surface area (Å²) in [6, 6.07) is 6.19. The van der Waals surface area contributed by atoms with Crippen molar-refractivity contribution >= 4 is 15.9 Å². The zero-order valence-corrected chi connectivity index (χ0v) is 12.2. The lowest BCUT2D eigenvalue weighted by molar-refractivity contribution is 0.293. The number of benzene rings is 1. The normalized spacial score (nSPS) is 10.9. The average molecular weight is 301 g/mol. The Balaban J connectivity index is 2.74. The van der Waals surface area contributed by atoms with Crippen LogP contribution in [-0.4, -0.2) is 31.1 Å². The fourth-order valence-corrected chi connectivity index (χ4v) is 2.20. The van der Waals surface area contributed by atoms with Crippen molar-refractivity contribution in [2.45, 2.75) is 20.4 Å². The van der Waals surface area contributed by atoms with Gasteiger partial charge in [0.15, 0.2) is 0 Å². The fourth-order valence-electron chi connectivity index (χ4n) is 1.68. The first kappa shape index (κ1) is 14.5. The molecule has 0 saturated carbocycles. The lowest BCUT2D eigenvalue weighted by Gasteiger charge is -2.18. The number of ether oxygens (including phenoxy) is 1. The zero-order valence-electron chi connectivity index (χ0n) is 10.6. The Kier molecular flexibility index (Phi) is 6.55. The predicted molar refractivity (Wildman–Crippen MR) is 75.3 cm³/mol. The maximum absolute atomic E-state index is 5.55. The smallest absolute Gasteiger partial charge is 0.120 e. The molecule has 0 unspecified atom stereocenters. The number of rotatable bonds is 7. The van der Waals surface area contributed by atoms with Gasteiger partial charge in [-0.2, -0.15) is 0 Å². The van der Waals surface area contributed by atoms with Gasteiger partial charge in [-0.15, -0.1) is 0 Å². The van der Waals surface area contributed by atoms with E-state index in [4.69, 9.17) is 10.5 Å². The van der Waals surface area contributed by atoms with Crippen LogP contribution in [0.5, 0.6) is 5.75 Å². The van der Waals surface area contributed by atoms with Crippen molar-refractivity contribution in [1.82, 2.24) is 4.90 Å². The fraction of sp³-hybridized carbons (Fsp3) is 0.538. The number of halogens is 1. The van der Waals surface area contributed by atoms with E-state index in [0.717, 1.165) is 29.9 Å². The molecule has 96 valence electrons. The SMILES string of the molecule is CCN(CC)Cc1cc(Br)cc(OCCN)c1. The highest BCUT2D eigenvalue weighted by atomic mass is 79.9. The van der Waals surface area contributed by atoms with Gasteiger partial charge < -0.3 is 10.5 Å². The van der Waals surface area contributed by atoms with E-state index in [1.54, 1.807) is 0 Å². The average Bonchev–Trinajstić information content (AvgIpc) is 2.32. The summed E-state index contributed by atoms with van der Waals surface area (Å²) < 4.78 is 6.60. The Morgan fingerprint density at radius 2 is 1.94 bits per heavy atom. The maximum atomic E-state index is 5.55. The van der Waals surface area contributed by atoms with Gasteiger partial charge in [-0.3, -0.25) is 4.90 Å². The minimum absolute atomic E-state index is 0.540. The third-order valence-corrected chi connectivity index (χ3v) is 3.08. The Hall–Kier alpha value is -0.580. The second kappa shape index (κ2) is 7.69. The van der Waals surface area contributed by atoms with Crippen molar-refractivity contribution < 1.29 is 4.74 Å². The molecule has 0 aliphatic heterocycles. The summed E-state index contributed by atoms with van der Waals surface area (Å²) in [7, 11) is 0. The molecule has 0 aliphatic rings. The molecular formula is C13H21BrN2O. The molecule has 3 nitrogen and oxygen atoms in total. The Morgan fingerprint density at radius 3 is 2.53 bits per heavy atom. The monoisotopic (exact) mass is 300 g/mol. The van der Waals surface area contributed by atoms with Gasteiger partial charge in [0.05, 0.1) is 0 Å². The van der Waals surface area contributed by atoms with Crippen LogP contribution in [0.1, 0.15) is 19.4 Å². The second-order valence-electron chi connectivity index (χ2n) is 3.89. The van der Waals surface area contributed by atoms with Crippen LogP contribution < -0.4 is 10.5 Å². The number of nitrogens with zero attached hydrogens (tertiary/aromatic N) is 1. The predicted octanol–water partition coefficient (Wildman–Crippen LogP) is 2.63. The summed E-state index contributed by atoms with van der Waals surface area (Å²) in [5.41, 5.74) is 6.69. The van der Waals surface area contributed by atoms with Crippen LogP contribution >= 0.6 is 15.9 Å². The molecule has 1 rings (SSSR count). The second-order valence-corrected chi connectivity index (χ2v) is 4.81. The van der Waals surface area contributed by atoms with Crippen LogP contribution in [0.15, 0.2) is 22.7 Å². The third kappa shape index (κ3) is 5.06. The highest BCUT2D eigenvalue weighted by molar-refractivity contribution is 9.10. The molecule has 4 heteroatoms. The van der Waals surface area contributed by atoms with Gasteiger partial charge in [-0.25, -0.2) is 0 Å². The quantitative estimate of drug-likeness (QED) is 0.841. The summed E-state index contributed by atoms with van der Waals surface area (Å²) >= 11 is 3.51. The van der Waals surface area contributed by atoms with E-state index in [9.17, 15) is 0 Å². The largest absolute Gasteiger partial charge is 0.492 e. The summed E-state index contributed by atoms with van der Waals surface area (Å²) in [5, 5.41) is 0. The van der Waals surface area contributed by atoms with Gasteiger partial charge >= 0.3 is 0 Å². The number of hydrogen-bond donors (Lipinski definition) is 1. The molecule has 0 spiro atoms. The van der Waals surface area contributed by atoms with Crippen molar-refractivity contribution in [3.05, 3.63) is 28.2 Å². The molecule has 17 heavy (non-hydrogen) atoms. The zero-order chi connectivity index (χ0) is 12.7. The van der Waals surface area contributed by atoms with E-state index in [0.29, 0.717) is 13.2 Å². The van der Waals surface area contributed by atoms with E-state index in [-0.39, 0.29) is 0 Å². The first-order chi connectivity index (χ1) is 8.19. The summed E-state index contributed by atoms with van der Waals surface area (Å²) in [6.45, 7) is 8.51. The van der Waals surface area contributed by atoms with E-state index in [1.165, 1.54) is 5.56 Å². The van der Waals surface area contributed by atoms with Gasteiger partial charge in [0.2, 0.25) is 0 Å². The lowest BCUT2D eigenvalue weighted by atomic mass is 10.2. The third-order valence-electron chi connectivity index (χ3n) is 2.62. The van der Waals surface area contributed by atoms with Gasteiger partial charge in [0.25, 0.3) is 0 Å². The van der Waals surface area contributed by atoms with E-state index in [2.05, 4.69) is 46.8 Å². The van der Waals surface area contributed by atoms with Crippen LogP contribution in [0, 0.1) is 0 Å². The molecule has 0 aliphatic carbocycles. The van der Waals surface area contributed by atoms with Crippen LogP contribution in [0.2, 0.25) is 0 Å². The van der Waals surface area contributed by atoms with Gasteiger partial charge in [-0.05, 0) is 36.9 Å². The van der Waals surface area contributed by atoms with Crippen molar-refractivity contribution in [2.24, 2.45) is 5.73 Å². The molecule has 1 aromatic carbocycles. The molecule has 0 bridgehead atoms. The molecule has 0 amide bonds. The van der Waals surface area contributed by atoms with Crippen LogP contribution in [0.25, 0.3) is 0 Å². The van der Waals surface area contributed by atoms with Crippen LogP contribution in [0.4, 0.5) is 0 Å². The number of nitrogens with two attached hydrogens (primary N) is 1. The molecule has 2 N–H and O–H groups in total. The van der Waals surface area contributed by atoms with Crippen molar-refractivity contribution in [2.75, 3.05) is 26.2 Å².